The number of hydrogen-bond acceptors (Lipinski definition) is 3. The van der Waals surface area contributed by atoms with Crippen LogP contribution in [0.4, 0.5) is 5.69 Å². The van der Waals surface area contributed by atoms with Gasteiger partial charge in [0.25, 0.3) is 0 Å². The Hall–Kier alpha value is -1.32. The van der Waals surface area contributed by atoms with Crippen LogP contribution >= 0.6 is 0 Å². The summed E-state index contributed by atoms with van der Waals surface area (Å²) in [5, 5.41) is 10.1. The van der Waals surface area contributed by atoms with Crippen LogP contribution in [-0.4, -0.2) is 32.4 Å². The molecular weight excluding hydrogens is 286 g/mol. The van der Waals surface area contributed by atoms with Gasteiger partial charge in [-0.3, -0.25) is 0 Å². The molecule has 3 rings (SSSR count). The number of nitrogens with zero attached hydrogens (tertiary/aromatic N) is 1. The molecule has 0 spiro atoms. The van der Waals surface area contributed by atoms with E-state index >= 15 is 0 Å². The van der Waals surface area contributed by atoms with Crippen molar-refractivity contribution in [2.45, 2.75) is 26.9 Å². The van der Waals surface area contributed by atoms with E-state index in [1.807, 2.05) is 0 Å². The number of ether oxygens (including phenoxy) is 1. The summed E-state index contributed by atoms with van der Waals surface area (Å²) in [7, 11) is 4.11. The summed E-state index contributed by atoms with van der Waals surface area (Å²) in [5.41, 5.74) is 3.70. The monoisotopic (exact) mass is 315 g/mol. The van der Waals surface area contributed by atoms with Crippen LogP contribution in [0.3, 0.4) is 0 Å². The van der Waals surface area contributed by atoms with Crippen LogP contribution in [0.25, 0.3) is 0 Å². The lowest BCUT2D eigenvalue weighted by Crippen LogP contribution is -2.53. The SMILES string of the molecule is CC1=C[C@H](C)[C@@]2(CO)CO[C@H](c3ccc(N(C)C)cc3)[C@@H]1[C@H]2C. The summed E-state index contributed by atoms with van der Waals surface area (Å²) >= 11 is 0. The summed E-state index contributed by atoms with van der Waals surface area (Å²) in [6.07, 6.45) is 2.44. The van der Waals surface area contributed by atoms with Gasteiger partial charge in [0.2, 0.25) is 0 Å². The minimum Gasteiger partial charge on any atom is -0.396 e. The number of rotatable bonds is 3. The molecule has 1 aromatic carbocycles. The first-order valence-electron chi connectivity index (χ1n) is 8.59. The summed E-state index contributed by atoms with van der Waals surface area (Å²) in [4.78, 5) is 2.11. The van der Waals surface area contributed by atoms with Crippen LogP contribution in [0.2, 0.25) is 0 Å². The fraction of sp³-hybridized carbons (Fsp3) is 0.600. The summed E-state index contributed by atoms with van der Waals surface area (Å²) < 4.78 is 6.32. The standard InChI is InChI=1S/C20H29NO2/c1-13-10-14(2)20(11-22)12-23-19(18(13)15(20)3)16-6-8-17(9-7-16)21(4)5/h6-10,14-15,18-19,22H,11-12H2,1-5H3/t14-,15+,18-,19+,20+/m0/s1. The van der Waals surface area contributed by atoms with E-state index in [0.29, 0.717) is 24.4 Å². The van der Waals surface area contributed by atoms with Gasteiger partial charge in [-0.15, -0.1) is 0 Å². The average Bonchev–Trinajstić information content (AvgIpc) is 2.53. The van der Waals surface area contributed by atoms with Crippen molar-refractivity contribution in [2.75, 3.05) is 32.2 Å². The average molecular weight is 315 g/mol. The number of fused-ring (bicyclic) bond motifs is 2. The number of anilines is 1. The van der Waals surface area contributed by atoms with Crippen molar-refractivity contribution < 1.29 is 9.84 Å². The molecule has 3 heteroatoms. The van der Waals surface area contributed by atoms with E-state index in [-0.39, 0.29) is 18.1 Å². The van der Waals surface area contributed by atoms with Gasteiger partial charge in [0.15, 0.2) is 0 Å². The van der Waals surface area contributed by atoms with E-state index in [1.54, 1.807) is 0 Å². The van der Waals surface area contributed by atoms with Gasteiger partial charge >= 0.3 is 0 Å². The van der Waals surface area contributed by atoms with Gasteiger partial charge in [-0.25, -0.2) is 0 Å². The van der Waals surface area contributed by atoms with Gasteiger partial charge in [-0.1, -0.05) is 37.6 Å². The quantitative estimate of drug-likeness (QED) is 0.864. The first kappa shape index (κ1) is 16.5. The van der Waals surface area contributed by atoms with Crippen LogP contribution in [0.1, 0.15) is 32.4 Å². The van der Waals surface area contributed by atoms with Crippen LogP contribution in [-0.2, 0) is 4.74 Å². The van der Waals surface area contributed by atoms with Crippen molar-refractivity contribution in [3.05, 3.63) is 41.5 Å². The van der Waals surface area contributed by atoms with E-state index in [0.717, 1.165) is 0 Å². The van der Waals surface area contributed by atoms with Crippen molar-refractivity contribution in [2.24, 2.45) is 23.2 Å². The highest BCUT2D eigenvalue weighted by molar-refractivity contribution is 5.46. The molecule has 5 atom stereocenters. The molecule has 1 N–H and O–H groups in total. The van der Waals surface area contributed by atoms with Crippen LogP contribution in [0.15, 0.2) is 35.9 Å². The Morgan fingerprint density at radius 1 is 1.22 bits per heavy atom. The summed E-state index contributed by atoms with van der Waals surface area (Å²) in [5.74, 6) is 1.12. The highest BCUT2D eigenvalue weighted by Crippen LogP contribution is 2.55. The molecule has 1 heterocycles. The van der Waals surface area contributed by atoms with E-state index in [4.69, 9.17) is 4.74 Å². The third-order valence-electron chi connectivity index (χ3n) is 6.28. The Morgan fingerprint density at radius 2 is 1.87 bits per heavy atom. The Labute approximate surface area is 140 Å². The first-order valence-corrected chi connectivity index (χ1v) is 8.59. The predicted molar refractivity (Wildman–Crippen MR) is 94.6 cm³/mol. The highest BCUT2D eigenvalue weighted by atomic mass is 16.5. The molecule has 1 fully saturated rings. The maximum absolute atomic E-state index is 10.1. The lowest BCUT2D eigenvalue weighted by atomic mass is 9.56. The zero-order valence-corrected chi connectivity index (χ0v) is 14.9. The van der Waals surface area contributed by atoms with E-state index in [9.17, 15) is 5.11 Å². The Balaban J connectivity index is 1.95. The molecule has 0 unspecified atom stereocenters. The molecule has 1 aliphatic heterocycles. The van der Waals surface area contributed by atoms with Gasteiger partial charge in [-0.05, 0) is 36.5 Å². The number of aliphatic hydroxyl groups is 1. The predicted octanol–water partition coefficient (Wildman–Crippen LogP) is 3.65. The second kappa shape index (κ2) is 5.95. The van der Waals surface area contributed by atoms with Crippen LogP contribution in [0, 0.1) is 23.2 Å². The van der Waals surface area contributed by atoms with Crippen molar-refractivity contribution in [3.8, 4) is 0 Å². The zero-order chi connectivity index (χ0) is 16.8. The molecule has 3 nitrogen and oxygen atoms in total. The minimum absolute atomic E-state index is 0.0876. The third-order valence-corrected chi connectivity index (χ3v) is 6.28. The Kier molecular flexibility index (Phi) is 4.28. The highest BCUT2D eigenvalue weighted by Gasteiger charge is 2.53. The van der Waals surface area contributed by atoms with Crippen molar-refractivity contribution in [3.63, 3.8) is 0 Å². The molecule has 0 saturated carbocycles. The minimum atomic E-state index is -0.135. The molecule has 2 aliphatic rings. The van der Waals surface area contributed by atoms with Gasteiger partial charge in [0, 0.05) is 31.1 Å². The molecule has 1 saturated heterocycles. The van der Waals surface area contributed by atoms with Crippen molar-refractivity contribution in [1.29, 1.82) is 0 Å². The lowest BCUT2D eigenvalue weighted by molar-refractivity contribution is -0.165. The fourth-order valence-electron chi connectivity index (χ4n) is 4.55. The first-order chi connectivity index (χ1) is 10.9. The van der Waals surface area contributed by atoms with Crippen LogP contribution < -0.4 is 4.90 Å². The lowest BCUT2D eigenvalue weighted by Gasteiger charge is -2.55. The molecule has 0 aromatic heterocycles. The molecule has 23 heavy (non-hydrogen) atoms. The van der Waals surface area contributed by atoms with Gasteiger partial charge in [0.1, 0.15) is 0 Å². The van der Waals surface area contributed by atoms with Crippen LogP contribution in [0.5, 0.6) is 0 Å². The largest absolute Gasteiger partial charge is 0.396 e. The second-order valence-electron chi connectivity index (χ2n) is 7.62. The Morgan fingerprint density at radius 3 is 2.43 bits per heavy atom. The van der Waals surface area contributed by atoms with E-state index < -0.39 is 0 Å². The Bertz CT molecular complexity index is 592. The maximum Gasteiger partial charge on any atom is 0.0893 e. The summed E-state index contributed by atoms with van der Waals surface area (Å²) in [6, 6.07) is 8.68. The topological polar surface area (TPSA) is 32.7 Å². The normalized spacial score (nSPS) is 36.5. The number of allylic oxidation sites excluding steroid dienone is 1. The van der Waals surface area contributed by atoms with E-state index in [1.165, 1.54) is 16.8 Å². The maximum atomic E-state index is 10.1. The summed E-state index contributed by atoms with van der Waals surface area (Å²) in [6.45, 7) is 7.54. The molecule has 0 radical (unpaired) electrons. The molecule has 0 amide bonds. The molecular formula is C20H29NO2. The molecule has 2 bridgehead atoms. The number of hydrogen-bond donors (Lipinski definition) is 1. The second-order valence-corrected chi connectivity index (χ2v) is 7.62. The number of aliphatic hydroxyl groups excluding tert-OH is 1. The van der Waals surface area contributed by atoms with Crippen molar-refractivity contribution in [1.82, 2.24) is 0 Å². The fourth-order valence-corrected chi connectivity index (χ4v) is 4.55. The van der Waals surface area contributed by atoms with Crippen molar-refractivity contribution >= 4 is 5.69 Å². The van der Waals surface area contributed by atoms with Gasteiger partial charge in [0.05, 0.1) is 19.3 Å². The zero-order valence-electron chi connectivity index (χ0n) is 14.9. The smallest absolute Gasteiger partial charge is 0.0893 e. The molecule has 1 aromatic rings. The molecule has 126 valence electrons. The van der Waals surface area contributed by atoms with Gasteiger partial charge < -0.3 is 14.7 Å². The third kappa shape index (κ3) is 2.50. The number of benzene rings is 1. The van der Waals surface area contributed by atoms with E-state index in [2.05, 4.69) is 70.1 Å². The van der Waals surface area contributed by atoms with Gasteiger partial charge in [-0.2, -0.15) is 0 Å². The molecule has 1 aliphatic carbocycles.